The standard InChI is InChI=1S/C26H24OP.ClH/c1-22-17-19-23(20-18-22)27-21-28(24-11-5-2-6-12-24,25-13-7-3-8-14-25)26-15-9-4-10-16-26;/h2-20H,21H2,1H3;1H/q+1;/p-1. The van der Waals surface area contributed by atoms with E-state index in [2.05, 4.69) is 122 Å². The van der Waals surface area contributed by atoms with Crippen LogP contribution < -0.4 is 33.1 Å². The fourth-order valence-corrected chi connectivity index (χ4v) is 7.25. The van der Waals surface area contributed by atoms with Crippen molar-refractivity contribution in [2.75, 3.05) is 6.35 Å². The Labute approximate surface area is 180 Å². The molecule has 1 nitrogen and oxygen atoms in total. The van der Waals surface area contributed by atoms with E-state index in [0.29, 0.717) is 6.35 Å². The SMILES string of the molecule is Cc1ccc(OC[P+](c2ccccc2)(c2ccccc2)c2ccccc2)cc1.[Cl-]. The van der Waals surface area contributed by atoms with Gasteiger partial charge in [-0.25, -0.2) is 0 Å². The number of aryl methyl sites for hydroxylation is 1. The van der Waals surface area contributed by atoms with E-state index in [4.69, 9.17) is 4.74 Å². The first-order chi connectivity index (χ1) is 13.8. The van der Waals surface area contributed by atoms with Crippen LogP contribution in [0.4, 0.5) is 0 Å². The highest BCUT2D eigenvalue weighted by Crippen LogP contribution is 2.55. The zero-order valence-electron chi connectivity index (χ0n) is 16.4. The third-order valence-corrected chi connectivity index (χ3v) is 9.09. The van der Waals surface area contributed by atoms with Gasteiger partial charge in [-0.2, -0.15) is 0 Å². The molecule has 146 valence electrons. The Balaban J connectivity index is 0.00000240. The van der Waals surface area contributed by atoms with Gasteiger partial charge in [-0.3, -0.25) is 0 Å². The van der Waals surface area contributed by atoms with Gasteiger partial charge in [0.25, 0.3) is 0 Å². The lowest BCUT2D eigenvalue weighted by Crippen LogP contribution is -3.00. The summed E-state index contributed by atoms with van der Waals surface area (Å²) in [5.74, 6) is 0.915. The predicted octanol–water partition coefficient (Wildman–Crippen LogP) is 2.33. The summed E-state index contributed by atoms with van der Waals surface area (Å²) in [5, 5.41) is 4.00. The molecule has 0 heterocycles. The quantitative estimate of drug-likeness (QED) is 0.437. The molecular formula is C26H24ClOP. The molecule has 0 saturated carbocycles. The van der Waals surface area contributed by atoms with E-state index in [-0.39, 0.29) is 12.4 Å². The van der Waals surface area contributed by atoms with Gasteiger partial charge in [-0.15, -0.1) is 0 Å². The first-order valence-corrected chi connectivity index (χ1v) is 11.5. The van der Waals surface area contributed by atoms with E-state index in [9.17, 15) is 0 Å². The van der Waals surface area contributed by atoms with Gasteiger partial charge in [-0.1, -0.05) is 72.3 Å². The van der Waals surface area contributed by atoms with Crippen molar-refractivity contribution in [2.45, 2.75) is 6.92 Å². The Kier molecular flexibility index (Phi) is 7.09. The average Bonchev–Trinajstić information content (AvgIpc) is 2.78. The van der Waals surface area contributed by atoms with E-state index in [1.807, 2.05) is 0 Å². The van der Waals surface area contributed by atoms with Crippen LogP contribution in [-0.4, -0.2) is 6.35 Å². The van der Waals surface area contributed by atoms with Crippen LogP contribution in [0.1, 0.15) is 5.56 Å². The zero-order chi connectivity index (χ0) is 19.2. The van der Waals surface area contributed by atoms with Crippen molar-refractivity contribution in [1.82, 2.24) is 0 Å². The fraction of sp³-hybridized carbons (Fsp3) is 0.0769. The first-order valence-electron chi connectivity index (χ1n) is 9.53. The fourth-order valence-electron chi connectivity index (χ4n) is 3.52. The second-order valence-corrected chi connectivity index (χ2v) is 10.3. The van der Waals surface area contributed by atoms with E-state index >= 15 is 0 Å². The van der Waals surface area contributed by atoms with Crippen molar-refractivity contribution in [1.29, 1.82) is 0 Å². The highest BCUT2D eigenvalue weighted by Gasteiger charge is 2.46. The number of rotatable bonds is 6. The summed E-state index contributed by atoms with van der Waals surface area (Å²) in [6.07, 6.45) is 0.633. The van der Waals surface area contributed by atoms with E-state index in [0.717, 1.165) is 5.75 Å². The number of hydrogen-bond donors (Lipinski definition) is 0. The average molecular weight is 419 g/mol. The Hall–Kier alpha value is -2.60. The van der Waals surface area contributed by atoms with Crippen LogP contribution in [0.5, 0.6) is 5.75 Å². The van der Waals surface area contributed by atoms with Gasteiger partial charge < -0.3 is 17.1 Å². The van der Waals surface area contributed by atoms with Crippen molar-refractivity contribution in [2.24, 2.45) is 0 Å². The lowest BCUT2D eigenvalue weighted by atomic mass is 10.2. The van der Waals surface area contributed by atoms with Gasteiger partial charge in [0.1, 0.15) is 21.7 Å². The molecule has 4 aromatic rings. The molecule has 0 bridgehead atoms. The molecule has 0 spiro atoms. The maximum absolute atomic E-state index is 6.44. The Morgan fingerprint density at radius 1 is 0.552 bits per heavy atom. The molecule has 0 N–H and O–H groups in total. The largest absolute Gasteiger partial charge is 1.00 e. The summed E-state index contributed by atoms with van der Waals surface area (Å²) in [6, 6.07) is 40.8. The third kappa shape index (κ3) is 4.53. The molecule has 3 heteroatoms. The van der Waals surface area contributed by atoms with Crippen LogP contribution in [0.3, 0.4) is 0 Å². The maximum Gasteiger partial charge on any atom is 0.210 e. The molecule has 29 heavy (non-hydrogen) atoms. The summed E-state index contributed by atoms with van der Waals surface area (Å²) in [5.41, 5.74) is 1.24. The van der Waals surface area contributed by atoms with Gasteiger partial charge in [0.15, 0.2) is 7.26 Å². The molecule has 0 radical (unpaired) electrons. The molecular weight excluding hydrogens is 395 g/mol. The minimum absolute atomic E-state index is 0. The highest BCUT2D eigenvalue weighted by atomic mass is 35.5. The van der Waals surface area contributed by atoms with Crippen molar-refractivity contribution in [3.05, 3.63) is 121 Å². The van der Waals surface area contributed by atoms with E-state index in [1.165, 1.54) is 21.5 Å². The molecule has 0 unspecified atom stereocenters. The zero-order valence-corrected chi connectivity index (χ0v) is 18.1. The summed E-state index contributed by atoms with van der Waals surface area (Å²) in [6.45, 7) is 2.10. The van der Waals surface area contributed by atoms with Crippen LogP contribution in [0, 0.1) is 6.92 Å². The molecule has 4 rings (SSSR count). The molecule has 0 atom stereocenters. The van der Waals surface area contributed by atoms with Crippen LogP contribution in [-0.2, 0) is 0 Å². The molecule has 0 saturated heterocycles. The Bertz CT molecular complexity index is 906. The van der Waals surface area contributed by atoms with E-state index < -0.39 is 7.26 Å². The third-order valence-electron chi connectivity index (χ3n) is 5.04. The van der Waals surface area contributed by atoms with Crippen molar-refractivity contribution in [3.8, 4) is 5.75 Å². The number of hydrogen-bond acceptors (Lipinski definition) is 1. The Morgan fingerprint density at radius 3 is 1.31 bits per heavy atom. The topological polar surface area (TPSA) is 9.23 Å². The van der Waals surface area contributed by atoms with Crippen LogP contribution in [0.25, 0.3) is 0 Å². The van der Waals surface area contributed by atoms with E-state index in [1.54, 1.807) is 0 Å². The van der Waals surface area contributed by atoms with Gasteiger partial charge in [-0.05, 0) is 55.5 Å². The summed E-state index contributed by atoms with van der Waals surface area (Å²) < 4.78 is 6.44. The Morgan fingerprint density at radius 2 is 0.931 bits per heavy atom. The predicted molar refractivity (Wildman–Crippen MR) is 122 cm³/mol. The number of ether oxygens (including phenoxy) is 1. The lowest BCUT2D eigenvalue weighted by molar-refractivity contribution is -0.00000581. The molecule has 0 fully saturated rings. The van der Waals surface area contributed by atoms with Gasteiger partial charge >= 0.3 is 0 Å². The first kappa shape index (κ1) is 21.1. The minimum atomic E-state index is -1.95. The number of halogens is 1. The second-order valence-electron chi connectivity index (χ2n) is 6.90. The van der Waals surface area contributed by atoms with Crippen molar-refractivity contribution >= 4 is 23.2 Å². The van der Waals surface area contributed by atoms with Crippen molar-refractivity contribution in [3.63, 3.8) is 0 Å². The molecule has 0 aliphatic heterocycles. The maximum atomic E-state index is 6.44. The van der Waals surface area contributed by atoms with Gasteiger partial charge in [0.2, 0.25) is 6.35 Å². The normalized spacial score (nSPS) is 10.8. The minimum Gasteiger partial charge on any atom is -1.00 e. The monoisotopic (exact) mass is 418 g/mol. The van der Waals surface area contributed by atoms with Gasteiger partial charge in [0.05, 0.1) is 0 Å². The van der Waals surface area contributed by atoms with Crippen LogP contribution in [0.2, 0.25) is 0 Å². The smallest absolute Gasteiger partial charge is 0.210 e. The summed E-state index contributed by atoms with van der Waals surface area (Å²) in [4.78, 5) is 0. The second kappa shape index (κ2) is 9.74. The number of benzene rings is 4. The molecule has 0 aliphatic carbocycles. The molecule has 0 aliphatic rings. The van der Waals surface area contributed by atoms with Gasteiger partial charge in [0, 0.05) is 0 Å². The highest BCUT2D eigenvalue weighted by molar-refractivity contribution is 7.95. The molecule has 4 aromatic carbocycles. The van der Waals surface area contributed by atoms with Crippen molar-refractivity contribution < 1.29 is 17.1 Å². The van der Waals surface area contributed by atoms with Crippen LogP contribution >= 0.6 is 7.26 Å². The summed E-state index contributed by atoms with van der Waals surface area (Å²) >= 11 is 0. The summed E-state index contributed by atoms with van der Waals surface area (Å²) in [7, 11) is -1.95. The molecule has 0 amide bonds. The van der Waals surface area contributed by atoms with Crippen LogP contribution in [0.15, 0.2) is 115 Å². The molecule has 0 aromatic heterocycles. The lowest BCUT2D eigenvalue weighted by Gasteiger charge is -2.27.